The van der Waals surface area contributed by atoms with E-state index in [0.29, 0.717) is 25.3 Å². The van der Waals surface area contributed by atoms with Crippen LogP contribution in [0.25, 0.3) is 0 Å². The summed E-state index contributed by atoms with van der Waals surface area (Å²) in [6, 6.07) is 2.39. The highest BCUT2D eigenvalue weighted by Gasteiger charge is 2.34. The summed E-state index contributed by atoms with van der Waals surface area (Å²) in [5.41, 5.74) is -0.590. The van der Waals surface area contributed by atoms with Gasteiger partial charge in [-0.1, -0.05) is 21.1 Å². The second-order valence-electron chi connectivity index (χ2n) is 6.42. The third-order valence-electron chi connectivity index (χ3n) is 4.39. The molecule has 0 spiro atoms. The van der Waals surface area contributed by atoms with E-state index < -0.39 is 56.4 Å². The third-order valence-corrected chi connectivity index (χ3v) is 5.16. The highest BCUT2D eigenvalue weighted by atomic mass is 32.3. The predicted molar refractivity (Wildman–Crippen MR) is 95.4 cm³/mol. The van der Waals surface area contributed by atoms with Gasteiger partial charge in [0.05, 0.1) is 0 Å². The molecule has 13 heteroatoms. The van der Waals surface area contributed by atoms with Crippen molar-refractivity contribution in [3.8, 4) is 17.2 Å². The monoisotopic (exact) mass is 458 g/mol. The van der Waals surface area contributed by atoms with Crippen molar-refractivity contribution in [1.29, 1.82) is 0 Å². The van der Waals surface area contributed by atoms with Crippen LogP contribution in [0.3, 0.4) is 0 Å². The molecule has 1 fully saturated rings. The Morgan fingerprint density at radius 1 is 1.00 bits per heavy atom. The molecule has 0 bridgehead atoms. The molecule has 1 aromatic rings. The summed E-state index contributed by atoms with van der Waals surface area (Å²) in [5, 5.41) is 0. The zero-order valence-electron chi connectivity index (χ0n) is 15.4. The van der Waals surface area contributed by atoms with Crippen LogP contribution < -0.4 is 13.1 Å². The molecule has 0 amide bonds. The van der Waals surface area contributed by atoms with E-state index in [9.17, 15) is 29.4 Å². The Labute approximate surface area is 167 Å². The first kappa shape index (κ1) is 23.1. The van der Waals surface area contributed by atoms with E-state index in [4.69, 9.17) is 9.47 Å². The summed E-state index contributed by atoms with van der Waals surface area (Å²) >= 11 is 0. The van der Waals surface area contributed by atoms with Crippen LogP contribution in [0, 0.1) is 0 Å². The Morgan fingerprint density at radius 3 is 2.17 bits per heavy atom. The van der Waals surface area contributed by atoms with Gasteiger partial charge in [-0.2, -0.15) is 16.8 Å². The minimum absolute atomic E-state index is 0.430. The number of hydrogen-bond acceptors (Lipinski definition) is 9. The lowest BCUT2D eigenvalue weighted by atomic mass is 9.83. The van der Waals surface area contributed by atoms with Crippen molar-refractivity contribution >= 4 is 27.0 Å². The maximum absolute atomic E-state index is 12.9. The Kier molecular flexibility index (Phi) is 7.27. The number of carbonyl (C=O) groups excluding carboxylic acids is 1. The SMILES string of the molecule is CCC1(OC(=O)COc2ccc(OS(=O)(=O)F)cc2OS(=O)(=O)F)CCCCC1. The molecule has 1 aliphatic rings. The van der Waals surface area contributed by atoms with Crippen LogP contribution in [-0.2, 0) is 30.5 Å². The largest absolute Gasteiger partial charge is 0.488 e. The number of hydrogen-bond donors (Lipinski definition) is 0. The van der Waals surface area contributed by atoms with E-state index in [1.165, 1.54) is 0 Å². The Morgan fingerprint density at radius 2 is 1.62 bits per heavy atom. The van der Waals surface area contributed by atoms with Gasteiger partial charge >= 0.3 is 27.0 Å². The second kappa shape index (κ2) is 9.11. The van der Waals surface area contributed by atoms with Gasteiger partial charge in [0.1, 0.15) is 11.4 Å². The summed E-state index contributed by atoms with van der Waals surface area (Å²) < 4.78 is 86.7. The van der Waals surface area contributed by atoms with Crippen LogP contribution in [-0.4, -0.2) is 35.0 Å². The Hall–Kier alpha value is -2.15. The minimum Gasteiger partial charge on any atom is -0.478 e. The summed E-state index contributed by atoms with van der Waals surface area (Å²) in [6.07, 6.45) is 4.95. The standard InChI is InChI=1S/C16H20F2O9S2/c1-2-16(8-4-3-5-9-16)25-15(19)11-24-13-7-6-12(26-28(17,20)21)10-14(13)27-29(18,22)23/h6-7,10H,2-5,8-9,11H2,1H3. The summed E-state index contributed by atoms with van der Waals surface area (Å²) in [5.74, 6) is -2.70. The lowest BCUT2D eigenvalue weighted by Crippen LogP contribution is -2.38. The van der Waals surface area contributed by atoms with Gasteiger partial charge in [-0.25, -0.2) is 4.79 Å². The van der Waals surface area contributed by atoms with Gasteiger partial charge in [-0.05, 0) is 44.2 Å². The van der Waals surface area contributed by atoms with Crippen molar-refractivity contribution in [2.75, 3.05) is 6.61 Å². The summed E-state index contributed by atoms with van der Waals surface area (Å²) in [6.45, 7) is 1.25. The molecular formula is C16H20F2O9S2. The van der Waals surface area contributed by atoms with Crippen molar-refractivity contribution in [2.24, 2.45) is 0 Å². The summed E-state index contributed by atoms with van der Waals surface area (Å²) in [4.78, 5) is 12.2. The van der Waals surface area contributed by atoms with Crippen LogP contribution in [0.4, 0.5) is 7.77 Å². The quantitative estimate of drug-likeness (QED) is 0.406. The van der Waals surface area contributed by atoms with Crippen molar-refractivity contribution in [2.45, 2.75) is 51.0 Å². The van der Waals surface area contributed by atoms with Gasteiger partial charge < -0.3 is 17.8 Å². The lowest BCUT2D eigenvalue weighted by molar-refractivity contribution is -0.166. The molecule has 0 heterocycles. The van der Waals surface area contributed by atoms with Crippen molar-refractivity contribution in [3.05, 3.63) is 18.2 Å². The zero-order chi connectivity index (χ0) is 21.7. The van der Waals surface area contributed by atoms with E-state index in [-0.39, 0.29) is 0 Å². The fourth-order valence-electron chi connectivity index (χ4n) is 3.08. The molecule has 0 atom stereocenters. The van der Waals surface area contributed by atoms with E-state index in [0.717, 1.165) is 31.4 Å². The smallest absolute Gasteiger partial charge is 0.478 e. The van der Waals surface area contributed by atoms with Crippen LogP contribution >= 0.6 is 0 Å². The molecule has 164 valence electrons. The fraction of sp³-hybridized carbons (Fsp3) is 0.562. The normalized spacial score (nSPS) is 16.7. The van der Waals surface area contributed by atoms with Crippen LogP contribution in [0.5, 0.6) is 17.2 Å². The highest BCUT2D eigenvalue weighted by Crippen LogP contribution is 2.36. The Bertz CT molecular complexity index is 939. The van der Waals surface area contributed by atoms with Crippen LogP contribution in [0.2, 0.25) is 0 Å². The topological polar surface area (TPSA) is 122 Å². The fourth-order valence-corrected chi connectivity index (χ4v) is 3.76. The average molecular weight is 458 g/mol. The van der Waals surface area contributed by atoms with Gasteiger partial charge in [0.25, 0.3) is 0 Å². The first-order valence-electron chi connectivity index (χ1n) is 8.68. The van der Waals surface area contributed by atoms with E-state index in [2.05, 4.69) is 8.37 Å². The second-order valence-corrected chi connectivity index (χ2v) is 8.33. The number of rotatable bonds is 9. The summed E-state index contributed by atoms with van der Waals surface area (Å²) in [7, 11) is -10.9. The van der Waals surface area contributed by atoms with Gasteiger partial charge in [-0.15, -0.1) is 0 Å². The zero-order valence-corrected chi connectivity index (χ0v) is 17.1. The van der Waals surface area contributed by atoms with E-state index in [1.807, 2.05) is 6.92 Å². The van der Waals surface area contributed by atoms with Crippen molar-refractivity contribution < 1.29 is 47.2 Å². The third kappa shape index (κ3) is 7.65. The van der Waals surface area contributed by atoms with E-state index in [1.54, 1.807) is 0 Å². The molecule has 0 N–H and O–H groups in total. The van der Waals surface area contributed by atoms with Gasteiger partial charge in [0.15, 0.2) is 18.1 Å². The number of esters is 1. The first-order chi connectivity index (χ1) is 13.4. The number of ether oxygens (including phenoxy) is 2. The van der Waals surface area contributed by atoms with Crippen LogP contribution in [0.15, 0.2) is 18.2 Å². The van der Waals surface area contributed by atoms with Gasteiger partial charge in [0, 0.05) is 6.07 Å². The number of carbonyl (C=O) groups is 1. The molecule has 0 aliphatic heterocycles. The van der Waals surface area contributed by atoms with Gasteiger partial charge in [-0.3, -0.25) is 0 Å². The van der Waals surface area contributed by atoms with Crippen molar-refractivity contribution in [1.82, 2.24) is 0 Å². The molecule has 2 rings (SSSR count). The van der Waals surface area contributed by atoms with Crippen LogP contribution in [0.1, 0.15) is 45.4 Å². The number of halogens is 2. The molecule has 29 heavy (non-hydrogen) atoms. The minimum atomic E-state index is -5.53. The maximum atomic E-state index is 12.9. The Balaban J connectivity index is 2.12. The molecule has 0 unspecified atom stereocenters. The average Bonchev–Trinajstić information content (AvgIpc) is 2.59. The van der Waals surface area contributed by atoms with Crippen molar-refractivity contribution in [3.63, 3.8) is 0 Å². The molecular weight excluding hydrogens is 438 g/mol. The molecule has 0 radical (unpaired) electrons. The lowest BCUT2D eigenvalue weighted by Gasteiger charge is -2.35. The highest BCUT2D eigenvalue weighted by molar-refractivity contribution is 7.82. The van der Waals surface area contributed by atoms with Gasteiger partial charge in [0.2, 0.25) is 0 Å². The molecule has 0 aromatic heterocycles. The molecule has 0 saturated heterocycles. The number of benzene rings is 1. The van der Waals surface area contributed by atoms with E-state index >= 15 is 0 Å². The molecule has 9 nitrogen and oxygen atoms in total. The first-order valence-corrected chi connectivity index (χ1v) is 11.3. The molecule has 1 aromatic carbocycles. The molecule has 1 saturated carbocycles. The molecule has 1 aliphatic carbocycles. The maximum Gasteiger partial charge on any atom is 0.488 e. The predicted octanol–water partition coefficient (Wildman–Crippen LogP) is 2.91.